The third kappa shape index (κ3) is 4.73. The standard InChI is InChI=1S/C13H19Cl2N/c1-9-4-5-12(13(15)6-9)8-16-11(3)7-10(2)14/h4-6,10-11,16H,7-8H2,1-3H3. The van der Waals surface area contributed by atoms with E-state index in [9.17, 15) is 0 Å². The molecule has 0 aliphatic carbocycles. The molecule has 0 saturated heterocycles. The molecule has 0 spiro atoms. The fourth-order valence-electron chi connectivity index (χ4n) is 1.65. The number of halogens is 2. The summed E-state index contributed by atoms with van der Waals surface area (Å²) in [5.41, 5.74) is 2.33. The SMILES string of the molecule is Cc1ccc(CNC(C)CC(C)Cl)c(Cl)c1. The molecule has 1 N–H and O–H groups in total. The lowest BCUT2D eigenvalue weighted by atomic mass is 10.1. The molecule has 3 heteroatoms. The van der Waals surface area contributed by atoms with E-state index in [4.69, 9.17) is 23.2 Å². The molecule has 2 unspecified atom stereocenters. The number of rotatable bonds is 5. The summed E-state index contributed by atoms with van der Waals surface area (Å²) in [5, 5.41) is 4.46. The Labute approximate surface area is 108 Å². The highest BCUT2D eigenvalue weighted by Gasteiger charge is 2.07. The summed E-state index contributed by atoms with van der Waals surface area (Å²) in [5.74, 6) is 0. The van der Waals surface area contributed by atoms with Gasteiger partial charge in [-0.05, 0) is 44.4 Å². The van der Waals surface area contributed by atoms with Crippen LogP contribution in [0.2, 0.25) is 5.02 Å². The largest absolute Gasteiger partial charge is 0.310 e. The van der Waals surface area contributed by atoms with Gasteiger partial charge in [0.25, 0.3) is 0 Å². The molecule has 0 fully saturated rings. The molecular formula is C13H19Cl2N. The summed E-state index contributed by atoms with van der Waals surface area (Å²) < 4.78 is 0. The van der Waals surface area contributed by atoms with Crippen molar-refractivity contribution in [3.63, 3.8) is 0 Å². The predicted molar refractivity (Wildman–Crippen MR) is 72.4 cm³/mol. The lowest BCUT2D eigenvalue weighted by Crippen LogP contribution is -2.27. The normalized spacial score (nSPS) is 14.8. The van der Waals surface area contributed by atoms with Crippen LogP contribution in [0.25, 0.3) is 0 Å². The number of aryl methyl sites for hydroxylation is 1. The second-order valence-corrected chi connectivity index (χ2v) is 5.55. The van der Waals surface area contributed by atoms with Gasteiger partial charge >= 0.3 is 0 Å². The van der Waals surface area contributed by atoms with Crippen molar-refractivity contribution in [1.82, 2.24) is 5.32 Å². The molecule has 0 aromatic heterocycles. The van der Waals surface area contributed by atoms with Gasteiger partial charge in [-0.25, -0.2) is 0 Å². The third-order valence-electron chi connectivity index (χ3n) is 2.53. The summed E-state index contributed by atoms with van der Waals surface area (Å²) in [4.78, 5) is 0. The molecule has 0 heterocycles. The molecule has 0 aliphatic rings. The topological polar surface area (TPSA) is 12.0 Å². The van der Waals surface area contributed by atoms with E-state index in [1.54, 1.807) is 0 Å². The van der Waals surface area contributed by atoms with E-state index in [-0.39, 0.29) is 5.38 Å². The molecule has 0 bridgehead atoms. The van der Waals surface area contributed by atoms with E-state index in [1.807, 2.05) is 19.9 Å². The average Bonchev–Trinajstić information content (AvgIpc) is 2.15. The van der Waals surface area contributed by atoms with Gasteiger partial charge in [-0.2, -0.15) is 0 Å². The van der Waals surface area contributed by atoms with Crippen LogP contribution < -0.4 is 5.32 Å². The van der Waals surface area contributed by atoms with E-state index in [0.717, 1.165) is 23.6 Å². The van der Waals surface area contributed by atoms with Gasteiger partial charge in [0.1, 0.15) is 0 Å². The Bertz CT molecular complexity index is 337. The number of hydrogen-bond acceptors (Lipinski definition) is 1. The summed E-state index contributed by atoms with van der Waals surface area (Å²) in [7, 11) is 0. The smallest absolute Gasteiger partial charge is 0.0453 e. The first kappa shape index (κ1) is 13.8. The van der Waals surface area contributed by atoms with Crippen LogP contribution in [0.1, 0.15) is 31.4 Å². The quantitative estimate of drug-likeness (QED) is 0.784. The Morgan fingerprint density at radius 2 is 2.00 bits per heavy atom. The zero-order chi connectivity index (χ0) is 12.1. The molecule has 1 rings (SSSR count). The molecule has 0 aliphatic heterocycles. The minimum atomic E-state index is 0.205. The van der Waals surface area contributed by atoms with Crippen LogP contribution in [0, 0.1) is 6.92 Å². The molecule has 1 nitrogen and oxygen atoms in total. The molecule has 2 atom stereocenters. The Balaban J connectivity index is 2.48. The second-order valence-electron chi connectivity index (χ2n) is 4.39. The first-order valence-electron chi connectivity index (χ1n) is 5.61. The number of alkyl halides is 1. The lowest BCUT2D eigenvalue weighted by molar-refractivity contribution is 0.511. The van der Waals surface area contributed by atoms with Crippen molar-refractivity contribution in [2.45, 2.75) is 45.2 Å². The van der Waals surface area contributed by atoms with Crippen molar-refractivity contribution in [2.75, 3.05) is 0 Å². The minimum Gasteiger partial charge on any atom is -0.310 e. The molecule has 0 radical (unpaired) electrons. The van der Waals surface area contributed by atoms with Gasteiger partial charge in [-0.1, -0.05) is 23.7 Å². The van der Waals surface area contributed by atoms with Gasteiger partial charge in [0, 0.05) is 23.0 Å². The fraction of sp³-hybridized carbons (Fsp3) is 0.538. The van der Waals surface area contributed by atoms with E-state index in [2.05, 4.69) is 24.4 Å². The van der Waals surface area contributed by atoms with Gasteiger partial charge in [-0.3, -0.25) is 0 Å². The van der Waals surface area contributed by atoms with Crippen molar-refractivity contribution in [3.05, 3.63) is 34.3 Å². The molecule has 0 saturated carbocycles. The van der Waals surface area contributed by atoms with Crippen LogP contribution in [0.5, 0.6) is 0 Å². The summed E-state index contributed by atoms with van der Waals surface area (Å²) in [6, 6.07) is 6.55. The predicted octanol–water partition coefficient (Wildman–Crippen LogP) is 4.14. The fourth-order valence-corrected chi connectivity index (χ4v) is 2.22. The Morgan fingerprint density at radius 1 is 1.31 bits per heavy atom. The van der Waals surface area contributed by atoms with Gasteiger partial charge in [0.2, 0.25) is 0 Å². The third-order valence-corrected chi connectivity index (χ3v) is 3.06. The molecule has 1 aromatic carbocycles. The molecule has 90 valence electrons. The van der Waals surface area contributed by atoms with Crippen LogP contribution in [0.4, 0.5) is 0 Å². The van der Waals surface area contributed by atoms with Gasteiger partial charge < -0.3 is 5.32 Å². The first-order chi connectivity index (χ1) is 7.49. The first-order valence-corrected chi connectivity index (χ1v) is 6.43. The van der Waals surface area contributed by atoms with Crippen LogP contribution in [-0.4, -0.2) is 11.4 Å². The van der Waals surface area contributed by atoms with Gasteiger partial charge in [0.05, 0.1) is 0 Å². The summed E-state index contributed by atoms with van der Waals surface area (Å²) >= 11 is 12.1. The molecule has 0 amide bonds. The van der Waals surface area contributed by atoms with E-state index < -0.39 is 0 Å². The Kier molecular flexibility index (Phi) is 5.60. The van der Waals surface area contributed by atoms with Crippen molar-refractivity contribution < 1.29 is 0 Å². The van der Waals surface area contributed by atoms with Gasteiger partial charge in [-0.15, -0.1) is 11.6 Å². The maximum Gasteiger partial charge on any atom is 0.0453 e. The highest BCUT2D eigenvalue weighted by Crippen LogP contribution is 2.17. The van der Waals surface area contributed by atoms with E-state index in [0.29, 0.717) is 6.04 Å². The zero-order valence-corrected chi connectivity index (χ0v) is 11.6. The number of hydrogen-bond donors (Lipinski definition) is 1. The number of nitrogens with one attached hydrogen (secondary N) is 1. The van der Waals surface area contributed by atoms with Crippen molar-refractivity contribution in [2.24, 2.45) is 0 Å². The van der Waals surface area contributed by atoms with Crippen LogP contribution in [0.15, 0.2) is 18.2 Å². The van der Waals surface area contributed by atoms with Crippen LogP contribution in [-0.2, 0) is 6.54 Å². The van der Waals surface area contributed by atoms with E-state index >= 15 is 0 Å². The average molecular weight is 260 g/mol. The Morgan fingerprint density at radius 3 is 2.56 bits per heavy atom. The summed E-state index contributed by atoms with van der Waals surface area (Å²) in [6.45, 7) is 6.99. The highest BCUT2D eigenvalue weighted by atomic mass is 35.5. The van der Waals surface area contributed by atoms with Crippen molar-refractivity contribution in [1.29, 1.82) is 0 Å². The summed E-state index contributed by atoms with van der Waals surface area (Å²) in [6.07, 6.45) is 0.963. The lowest BCUT2D eigenvalue weighted by Gasteiger charge is -2.15. The number of benzene rings is 1. The molecule has 1 aromatic rings. The monoisotopic (exact) mass is 259 g/mol. The zero-order valence-electron chi connectivity index (χ0n) is 10.1. The minimum absolute atomic E-state index is 0.205. The van der Waals surface area contributed by atoms with Crippen LogP contribution >= 0.6 is 23.2 Å². The molecule has 16 heavy (non-hydrogen) atoms. The highest BCUT2D eigenvalue weighted by molar-refractivity contribution is 6.31. The maximum atomic E-state index is 6.15. The van der Waals surface area contributed by atoms with E-state index in [1.165, 1.54) is 5.56 Å². The van der Waals surface area contributed by atoms with Crippen molar-refractivity contribution >= 4 is 23.2 Å². The molecular weight excluding hydrogens is 241 g/mol. The maximum absolute atomic E-state index is 6.15. The van der Waals surface area contributed by atoms with Gasteiger partial charge in [0.15, 0.2) is 0 Å². The Hall–Kier alpha value is -0.240. The van der Waals surface area contributed by atoms with Crippen LogP contribution in [0.3, 0.4) is 0 Å². The van der Waals surface area contributed by atoms with Crippen molar-refractivity contribution in [3.8, 4) is 0 Å². The second kappa shape index (κ2) is 6.48.